The van der Waals surface area contributed by atoms with Gasteiger partial charge in [0, 0.05) is 24.0 Å². The van der Waals surface area contributed by atoms with Gasteiger partial charge in [0.05, 0.1) is 11.9 Å². The number of rotatable bonds is 2. The fourth-order valence-corrected chi connectivity index (χ4v) is 1.78. The van der Waals surface area contributed by atoms with Crippen molar-refractivity contribution in [2.75, 3.05) is 0 Å². The van der Waals surface area contributed by atoms with Gasteiger partial charge >= 0.3 is 0 Å². The Balaban J connectivity index is 2.00. The summed E-state index contributed by atoms with van der Waals surface area (Å²) in [5.41, 5.74) is 2.73. The van der Waals surface area contributed by atoms with Gasteiger partial charge in [-0.3, -0.25) is 0 Å². The minimum Gasteiger partial charge on any atom is -0.240 e. The number of hydrogen-bond donors (Lipinski definition) is 0. The van der Waals surface area contributed by atoms with Gasteiger partial charge < -0.3 is 0 Å². The molecule has 0 saturated carbocycles. The average Bonchev–Trinajstić information content (AvgIpc) is 2.89. The van der Waals surface area contributed by atoms with Crippen molar-refractivity contribution in [1.82, 2.24) is 14.8 Å². The molecule has 0 unspecified atom stereocenters. The number of hydrogen-bond acceptors (Lipinski definition) is 2. The molecule has 0 spiro atoms. The minimum atomic E-state index is -0.510. The van der Waals surface area contributed by atoms with Gasteiger partial charge in [0.15, 0.2) is 0 Å². The highest BCUT2D eigenvalue weighted by molar-refractivity contribution is 5.61. The Labute approximate surface area is 104 Å². The first-order chi connectivity index (χ1) is 8.83. The van der Waals surface area contributed by atoms with Crippen LogP contribution in [0.25, 0.3) is 16.8 Å². The lowest BCUT2D eigenvalue weighted by atomic mass is 10.1. The van der Waals surface area contributed by atoms with Crippen molar-refractivity contribution >= 4 is 0 Å². The van der Waals surface area contributed by atoms with Crippen LogP contribution in [0.4, 0.5) is 4.39 Å². The predicted molar refractivity (Wildman–Crippen MR) is 66.8 cm³/mol. The Hall–Kier alpha value is -2.49. The third-order valence-corrected chi connectivity index (χ3v) is 2.66. The van der Waals surface area contributed by atoms with Crippen molar-refractivity contribution in [3.05, 3.63) is 67.0 Å². The Bertz CT molecular complexity index is 662. The highest BCUT2D eigenvalue weighted by atomic mass is 19.1. The second-order valence-corrected chi connectivity index (χ2v) is 3.88. The first kappa shape index (κ1) is 10.7. The van der Waals surface area contributed by atoms with E-state index in [2.05, 4.69) is 10.1 Å². The first-order valence-electron chi connectivity index (χ1n) is 5.55. The topological polar surface area (TPSA) is 30.7 Å². The summed E-state index contributed by atoms with van der Waals surface area (Å²) in [6, 6.07) is 13.0. The fourth-order valence-electron chi connectivity index (χ4n) is 1.78. The number of pyridine rings is 1. The highest BCUT2D eigenvalue weighted by Crippen LogP contribution is 2.19. The van der Waals surface area contributed by atoms with Gasteiger partial charge in [-0.25, -0.2) is 9.67 Å². The molecular weight excluding hydrogens is 229 g/mol. The predicted octanol–water partition coefficient (Wildman–Crippen LogP) is 3.07. The first-order valence-corrected chi connectivity index (χ1v) is 5.55. The van der Waals surface area contributed by atoms with Crippen LogP contribution in [0.3, 0.4) is 0 Å². The molecule has 4 heteroatoms. The maximum Gasteiger partial charge on any atom is 0.214 e. The van der Waals surface area contributed by atoms with Gasteiger partial charge in [0.1, 0.15) is 0 Å². The van der Waals surface area contributed by atoms with E-state index in [4.69, 9.17) is 0 Å². The van der Waals surface area contributed by atoms with Crippen molar-refractivity contribution in [3.8, 4) is 16.8 Å². The molecular formula is C14H10FN3. The van der Waals surface area contributed by atoms with Gasteiger partial charge in [-0.1, -0.05) is 30.3 Å². The summed E-state index contributed by atoms with van der Waals surface area (Å²) in [6.45, 7) is 0. The van der Waals surface area contributed by atoms with E-state index in [0.29, 0.717) is 5.69 Å². The third-order valence-electron chi connectivity index (χ3n) is 2.66. The van der Waals surface area contributed by atoms with Crippen LogP contribution >= 0.6 is 0 Å². The molecule has 2 aromatic heterocycles. The van der Waals surface area contributed by atoms with Crippen LogP contribution in [0.2, 0.25) is 0 Å². The summed E-state index contributed by atoms with van der Waals surface area (Å²) in [6.07, 6.45) is 5.05. The van der Waals surface area contributed by atoms with Crippen LogP contribution < -0.4 is 0 Å². The highest BCUT2D eigenvalue weighted by Gasteiger charge is 2.03. The van der Waals surface area contributed by atoms with Crippen molar-refractivity contribution in [1.29, 1.82) is 0 Å². The second-order valence-electron chi connectivity index (χ2n) is 3.88. The molecule has 0 radical (unpaired) electrons. The van der Waals surface area contributed by atoms with E-state index in [1.165, 1.54) is 12.3 Å². The zero-order valence-corrected chi connectivity index (χ0v) is 9.49. The second kappa shape index (κ2) is 4.41. The van der Waals surface area contributed by atoms with Crippen LogP contribution in [0.15, 0.2) is 61.1 Å². The molecule has 3 nitrogen and oxygen atoms in total. The molecule has 0 aliphatic carbocycles. The molecule has 0 amide bonds. The van der Waals surface area contributed by atoms with Crippen molar-refractivity contribution in [2.45, 2.75) is 0 Å². The van der Waals surface area contributed by atoms with Gasteiger partial charge in [0.2, 0.25) is 5.95 Å². The molecule has 0 saturated heterocycles. The lowest BCUT2D eigenvalue weighted by Gasteiger charge is -1.99. The molecule has 0 bridgehead atoms. The lowest BCUT2D eigenvalue weighted by Crippen LogP contribution is -1.95. The van der Waals surface area contributed by atoms with E-state index in [9.17, 15) is 4.39 Å². The minimum absolute atomic E-state index is 0.510. The maximum atomic E-state index is 13.0. The van der Waals surface area contributed by atoms with E-state index in [1.54, 1.807) is 16.9 Å². The molecule has 0 N–H and O–H groups in total. The molecule has 0 atom stereocenters. The molecule has 88 valence electrons. The van der Waals surface area contributed by atoms with Crippen molar-refractivity contribution < 1.29 is 4.39 Å². The quantitative estimate of drug-likeness (QED) is 0.643. The number of benzene rings is 1. The Morgan fingerprint density at radius 1 is 1.00 bits per heavy atom. The van der Waals surface area contributed by atoms with Gasteiger partial charge in [-0.2, -0.15) is 9.49 Å². The van der Waals surface area contributed by atoms with Crippen molar-refractivity contribution in [2.24, 2.45) is 0 Å². The average molecular weight is 239 g/mol. The summed E-state index contributed by atoms with van der Waals surface area (Å²) in [7, 11) is 0. The van der Waals surface area contributed by atoms with E-state index in [0.717, 1.165) is 11.1 Å². The third kappa shape index (κ3) is 2.00. The largest absolute Gasteiger partial charge is 0.240 e. The van der Waals surface area contributed by atoms with Gasteiger partial charge in [0.25, 0.3) is 0 Å². The zero-order valence-electron chi connectivity index (χ0n) is 9.49. The van der Waals surface area contributed by atoms with Crippen LogP contribution in [0.5, 0.6) is 0 Å². The number of halogens is 1. The van der Waals surface area contributed by atoms with Crippen LogP contribution in [-0.2, 0) is 0 Å². The molecule has 0 aliphatic rings. The zero-order chi connectivity index (χ0) is 12.4. The van der Waals surface area contributed by atoms with Crippen LogP contribution in [0, 0.1) is 5.95 Å². The Morgan fingerprint density at radius 2 is 1.83 bits per heavy atom. The Morgan fingerprint density at radius 3 is 2.61 bits per heavy atom. The van der Waals surface area contributed by atoms with Crippen molar-refractivity contribution in [3.63, 3.8) is 0 Å². The Kier molecular flexibility index (Phi) is 2.61. The fraction of sp³-hybridized carbons (Fsp3) is 0. The maximum absolute atomic E-state index is 13.0. The standard InChI is InChI=1S/C14H10FN3/c15-14-8-13(6-7-16-14)18-10-12(9-17-18)11-4-2-1-3-5-11/h1-10H. The molecule has 18 heavy (non-hydrogen) atoms. The van der Waals surface area contributed by atoms with Gasteiger partial charge in [-0.15, -0.1) is 0 Å². The summed E-state index contributed by atoms with van der Waals surface area (Å²) in [5.74, 6) is -0.510. The number of nitrogens with zero attached hydrogens (tertiary/aromatic N) is 3. The normalized spacial score (nSPS) is 10.5. The molecule has 3 rings (SSSR count). The molecule has 0 aliphatic heterocycles. The van der Waals surface area contributed by atoms with E-state index in [1.807, 2.05) is 36.5 Å². The lowest BCUT2D eigenvalue weighted by molar-refractivity contribution is 0.581. The molecule has 1 aromatic carbocycles. The van der Waals surface area contributed by atoms with E-state index >= 15 is 0 Å². The molecule has 2 heterocycles. The number of aromatic nitrogens is 3. The van der Waals surface area contributed by atoms with E-state index < -0.39 is 5.95 Å². The monoisotopic (exact) mass is 239 g/mol. The summed E-state index contributed by atoms with van der Waals surface area (Å²) < 4.78 is 14.7. The van der Waals surface area contributed by atoms with E-state index in [-0.39, 0.29) is 0 Å². The van der Waals surface area contributed by atoms with Crippen LogP contribution in [0.1, 0.15) is 0 Å². The smallest absolute Gasteiger partial charge is 0.214 e. The summed E-state index contributed by atoms with van der Waals surface area (Å²) in [4.78, 5) is 3.52. The summed E-state index contributed by atoms with van der Waals surface area (Å²) in [5, 5.41) is 4.23. The van der Waals surface area contributed by atoms with Gasteiger partial charge in [-0.05, 0) is 11.6 Å². The summed E-state index contributed by atoms with van der Waals surface area (Å²) >= 11 is 0. The molecule has 0 fully saturated rings. The SMILES string of the molecule is Fc1cc(-n2cc(-c3ccccc3)cn2)ccn1. The van der Waals surface area contributed by atoms with Crippen LogP contribution in [-0.4, -0.2) is 14.8 Å². The molecule has 3 aromatic rings.